The van der Waals surface area contributed by atoms with Gasteiger partial charge >= 0.3 is 0 Å². The summed E-state index contributed by atoms with van der Waals surface area (Å²) in [6.07, 6.45) is 2.72. The van der Waals surface area contributed by atoms with E-state index < -0.39 is 17.2 Å². The van der Waals surface area contributed by atoms with Gasteiger partial charge in [0, 0.05) is 29.4 Å². The molecular formula is C13H16F2N2. The van der Waals surface area contributed by atoms with Crippen LogP contribution in [-0.4, -0.2) is 6.54 Å². The van der Waals surface area contributed by atoms with E-state index in [0.717, 1.165) is 6.07 Å². The summed E-state index contributed by atoms with van der Waals surface area (Å²) in [5.41, 5.74) is 6.86. The van der Waals surface area contributed by atoms with Gasteiger partial charge in [-0.2, -0.15) is 0 Å². The number of hydrogen-bond donors (Lipinski definition) is 2. The molecule has 1 heterocycles. The minimum Gasteiger partial charge on any atom is -0.398 e. The van der Waals surface area contributed by atoms with Crippen LogP contribution in [0.25, 0.3) is 0 Å². The Balaban J connectivity index is 2.50. The first-order valence-electron chi connectivity index (χ1n) is 5.58. The van der Waals surface area contributed by atoms with Gasteiger partial charge in [0.2, 0.25) is 0 Å². The van der Waals surface area contributed by atoms with Crippen LogP contribution in [-0.2, 0) is 5.54 Å². The third kappa shape index (κ3) is 2.17. The Bertz CT molecular complexity index is 459. The van der Waals surface area contributed by atoms with Gasteiger partial charge in [0.15, 0.2) is 0 Å². The van der Waals surface area contributed by atoms with Crippen molar-refractivity contribution in [2.45, 2.75) is 25.8 Å². The highest BCUT2D eigenvalue weighted by Gasteiger charge is 2.33. The molecule has 2 rings (SSSR count). The standard InChI is InChI=1S/C13H16F2N2/c1-8-3-4-17-13(2,7-8)12-10(15)5-9(14)6-11(12)16/h3,5-6,17H,4,7,16H2,1-2H3. The Labute approximate surface area is 99.5 Å². The third-order valence-electron chi connectivity index (χ3n) is 3.21. The summed E-state index contributed by atoms with van der Waals surface area (Å²) < 4.78 is 26.9. The van der Waals surface area contributed by atoms with Gasteiger partial charge in [-0.3, -0.25) is 0 Å². The predicted molar refractivity (Wildman–Crippen MR) is 64.5 cm³/mol. The van der Waals surface area contributed by atoms with Crippen LogP contribution in [0.15, 0.2) is 23.8 Å². The first-order valence-corrected chi connectivity index (χ1v) is 5.58. The minimum absolute atomic E-state index is 0.159. The largest absolute Gasteiger partial charge is 0.398 e. The van der Waals surface area contributed by atoms with Gasteiger partial charge in [-0.1, -0.05) is 11.6 Å². The molecule has 2 nitrogen and oxygen atoms in total. The lowest BCUT2D eigenvalue weighted by Gasteiger charge is -2.36. The second-order valence-corrected chi connectivity index (χ2v) is 4.79. The number of halogens is 2. The van der Waals surface area contributed by atoms with Crippen LogP contribution in [0.2, 0.25) is 0 Å². The molecule has 1 aliphatic rings. The summed E-state index contributed by atoms with van der Waals surface area (Å²) in [6, 6.07) is 2.05. The molecule has 0 bridgehead atoms. The zero-order valence-corrected chi connectivity index (χ0v) is 9.98. The summed E-state index contributed by atoms with van der Waals surface area (Å²) in [5.74, 6) is -1.23. The lowest BCUT2D eigenvalue weighted by molar-refractivity contribution is 0.350. The average Bonchev–Trinajstić information content (AvgIpc) is 2.14. The SMILES string of the molecule is CC1=CCNC(C)(c2c(N)cc(F)cc2F)C1. The lowest BCUT2D eigenvalue weighted by Crippen LogP contribution is -2.43. The molecule has 92 valence electrons. The molecule has 1 aromatic rings. The Hall–Kier alpha value is -1.42. The molecule has 1 aromatic carbocycles. The lowest BCUT2D eigenvalue weighted by atomic mass is 9.82. The van der Waals surface area contributed by atoms with Crippen LogP contribution in [0.5, 0.6) is 0 Å². The molecule has 0 saturated heterocycles. The van der Waals surface area contributed by atoms with E-state index in [-0.39, 0.29) is 5.69 Å². The molecular weight excluding hydrogens is 222 g/mol. The van der Waals surface area contributed by atoms with Crippen molar-refractivity contribution in [3.63, 3.8) is 0 Å². The Morgan fingerprint density at radius 2 is 2.06 bits per heavy atom. The summed E-state index contributed by atoms with van der Waals surface area (Å²) >= 11 is 0. The highest BCUT2D eigenvalue weighted by molar-refractivity contribution is 5.52. The molecule has 0 aliphatic carbocycles. The van der Waals surface area contributed by atoms with Crippen LogP contribution in [0.4, 0.5) is 14.5 Å². The van der Waals surface area contributed by atoms with Gasteiger partial charge in [-0.25, -0.2) is 8.78 Å². The van der Waals surface area contributed by atoms with E-state index in [2.05, 4.69) is 11.4 Å². The fraction of sp³-hybridized carbons (Fsp3) is 0.385. The number of nitrogens with two attached hydrogens (primary N) is 1. The van der Waals surface area contributed by atoms with E-state index in [9.17, 15) is 8.78 Å². The summed E-state index contributed by atoms with van der Waals surface area (Å²) in [7, 11) is 0. The van der Waals surface area contributed by atoms with E-state index in [4.69, 9.17) is 5.73 Å². The fourth-order valence-electron chi connectivity index (χ4n) is 2.50. The van der Waals surface area contributed by atoms with Crippen molar-refractivity contribution in [2.75, 3.05) is 12.3 Å². The van der Waals surface area contributed by atoms with Crippen molar-refractivity contribution in [2.24, 2.45) is 0 Å². The van der Waals surface area contributed by atoms with Crippen LogP contribution < -0.4 is 11.1 Å². The summed E-state index contributed by atoms with van der Waals surface area (Å²) in [4.78, 5) is 0. The van der Waals surface area contributed by atoms with Crippen molar-refractivity contribution < 1.29 is 8.78 Å². The molecule has 0 spiro atoms. The number of hydrogen-bond acceptors (Lipinski definition) is 2. The average molecular weight is 238 g/mol. The highest BCUT2D eigenvalue weighted by atomic mass is 19.1. The smallest absolute Gasteiger partial charge is 0.133 e. The molecule has 0 fully saturated rings. The van der Waals surface area contributed by atoms with Crippen LogP contribution in [0, 0.1) is 11.6 Å². The van der Waals surface area contributed by atoms with Crippen molar-refractivity contribution in [1.29, 1.82) is 0 Å². The number of nitrogen functional groups attached to an aromatic ring is 1. The van der Waals surface area contributed by atoms with Gasteiger partial charge in [-0.15, -0.1) is 0 Å². The van der Waals surface area contributed by atoms with E-state index in [0.29, 0.717) is 18.5 Å². The minimum atomic E-state index is -0.643. The summed E-state index contributed by atoms with van der Waals surface area (Å²) in [6.45, 7) is 4.55. The molecule has 1 unspecified atom stereocenters. The third-order valence-corrected chi connectivity index (χ3v) is 3.21. The monoisotopic (exact) mass is 238 g/mol. The maximum atomic E-state index is 13.9. The summed E-state index contributed by atoms with van der Waals surface area (Å²) in [5, 5.41) is 3.22. The highest BCUT2D eigenvalue weighted by Crippen LogP contribution is 2.36. The van der Waals surface area contributed by atoms with Crippen molar-refractivity contribution in [1.82, 2.24) is 5.32 Å². The quantitative estimate of drug-likeness (QED) is 0.583. The molecule has 0 amide bonds. The normalized spacial score (nSPS) is 24.6. The molecule has 0 radical (unpaired) electrons. The Kier molecular flexibility index (Phi) is 2.91. The number of rotatable bonds is 1. The Morgan fingerprint density at radius 1 is 1.35 bits per heavy atom. The van der Waals surface area contributed by atoms with Gasteiger partial charge in [0.05, 0.1) is 0 Å². The predicted octanol–water partition coefficient (Wildman–Crippen LogP) is 2.70. The van der Waals surface area contributed by atoms with Crippen LogP contribution >= 0.6 is 0 Å². The van der Waals surface area contributed by atoms with Crippen molar-refractivity contribution in [3.05, 3.63) is 41.0 Å². The molecule has 17 heavy (non-hydrogen) atoms. The number of benzene rings is 1. The van der Waals surface area contributed by atoms with Crippen molar-refractivity contribution in [3.8, 4) is 0 Å². The van der Waals surface area contributed by atoms with Gasteiger partial charge in [-0.05, 0) is 26.3 Å². The van der Waals surface area contributed by atoms with E-state index in [1.54, 1.807) is 0 Å². The van der Waals surface area contributed by atoms with Crippen LogP contribution in [0.1, 0.15) is 25.8 Å². The first kappa shape index (κ1) is 12.0. The second kappa shape index (κ2) is 4.11. The number of nitrogens with one attached hydrogen (secondary N) is 1. The molecule has 0 aromatic heterocycles. The molecule has 3 N–H and O–H groups in total. The van der Waals surface area contributed by atoms with Gasteiger partial charge in [0.1, 0.15) is 11.6 Å². The van der Waals surface area contributed by atoms with E-state index >= 15 is 0 Å². The maximum absolute atomic E-state index is 13.9. The zero-order chi connectivity index (χ0) is 12.6. The fourth-order valence-corrected chi connectivity index (χ4v) is 2.50. The van der Waals surface area contributed by atoms with Crippen LogP contribution in [0.3, 0.4) is 0 Å². The van der Waals surface area contributed by atoms with E-state index in [1.807, 2.05) is 13.8 Å². The molecule has 1 aliphatic heterocycles. The zero-order valence-electron chi connectivity index (χ0n) is 9.98. The van der Waals surface area contributed by atoms with Gasteiger partial charge in [0.25, 0.3) is 0 Å². The second-order valence-electron chi connectivity index (χ2n) is 4.79. The topological polar surface area (TPSA) is 38.0 Å². The number of anilines is 1. The molecule has 1 atom stereocenters. The van der Waals surface area contributed by atoms with Crippen molar-refractivity contribution >= 4 is 5.69 Å². The van der Waals surface area contributed by atoms with Gasteiger partial charge < -0.3 is 11.1 Å². The maximum Gasteiger partial charge on any atom is 0.133 e. The Morgan fingerprint density at radius 3 is 2.65 bits per heavy atom. The molecule has 0 saturated carbocycles. The first-order chi connectivity index (χ1) is 7.92. The van der Waals surface area contributed by atoms with E-state index in [1.165, 1.54) is 11.6 Å². The molecule has 4 heteroatoms.